The van der Waals surface area contributed by atoms with Crippen molar-refractivity contribution in [2.75, 3.05) is 26.2 Å². The number of benzene rings is 1. The van der Waals surface area contributed by atoms with Gasteiger partial charge in [-0.3, -0.25) is 9.69 Å². The lowest BCUT2D eigenvalue weighted by Crippen LogP contribution is -2.40. The summed E-state index contributed by atoms with van der Waals surface area (Å²) in [6.07, 6.45) is 3.98. The Bertz CT molecular complexity index is 511. The third-order valence-electron chi connectivity index (χ3n) is 4.51. The van der Waals surface area contributed by atoms with Crippen LogP contribution in [0.25, 0.3) is 0 Å². The molecule has 2 unspecified atom stereocenters. The zero-order valence-corrected chi connectivity index (χ0v) is 13.5. The van der Waals surface area contributed by atoms with Crippen molar-refractivity contribution < 1.29 is 9.53 Å². The lowest BCUT2D eigenvalue weighted by atomic mass is 10.1. The van der Waals surface area contributed by atoms with Crippen LogP contribution in [0, 0.1) is 0 Å². The summed E-state index contributed by atoms with van der Waals surface area (Å²) in [7, 11) is 0. The number of nitrogens with zero attached hydrogens (tertiary/aromatic N) is 1. The van der Waals surface area contributed by atoms with Crippen LogP contribution >= 0.6 is 11.6 Å². The fraction of sp³-hybridized carbons (Fsp3) is 0.588. The van der Waals surface area contributed by atoms with E-state index < -0.39 is 0 Å². The third-order valence-corrected chi connectivity index (χ3v) is 4.74. The molecule has 0 aromatic heterocycles. The summed E-state index contributed by atoms with van der Waals surface area (Å²) in [5, 5.41) is 3.81. The van der Waals surface area contributed by atoms with Gasteiger partial charge in [-0.05, 0) is 56.5 Å². The molecule has 1 N–H and O–H groups in total. The van der Waals surface area contributed by atoms with E-state index in [1.165, 1.54) is 18.4 Å². The molecule has 22 heavy (non-hydrogen) atoms. The van der Waals surface area contributed by atoms with E-state index in [1.807, 2.05) is 18.2 Å². The predicted molar refractivity (Wildman–Crippen MR) is 87.0 cm³/mol. The van der Waals surface area contributed by atoms with Crippen molar-refractivity contribution in [1.29, 1.82) is 0 Å². The number of rotatable bonds is 5. The Kier molecular flexibility index (Phi) is 5.34. The number of likely N-dealkylation sites (tertiary alicyclic amines) is 1. The number of carbonyl (C=O) groups excluding carboxylic acids is 1. The molecule has 120 valence electrons. The van der Waals surface area contributed by atoms with Gasteiger partial charge in [-0.1, -0.05) is 23.7 Å². The zero-order valence-electron chi connectivity index (χ0n) is 12.8. The number of hydrogen-bond acceptors (Lipinski definition) is 3. The predicted octanol–water partition coefficient (Wildman–Crippen LogP) is 2.77. The highest BCUT2D eigenvalue weighted by Crippen LogP contribution is 2.26. The highest BCUT2D eigenvalue weighted by Gasteiger charge is 2.27. The van der Waals surface area contributed by atoms with Gasteiger partial charge in [0.05, 0.1) is 6.04 Å². The first-order valence-corrected chi connectivity index (χ1v) is 8.50. The lowest BCUT2D eigenvalue weighted by Gasteiger charge is -2.28. The molecule has 2 aliphatic rings. The topological polar surface area (TPSA) is 41.6 Å². The fourth-order valence-corrected chi connectivity index (χ4v) is 3.52. The quantitative estimate of drug-likeness (QED) is 0.906. The van der Waals surface area contributed by atoms with Crippen LogP contribution in [0.5, 0.6) is 0 Å². The van der Waals surface area contributed by atoms with Crippen molar-refractivity contribution in [2.24, 2.45) is 0 Å². The molecular formula is C17H23ClN2O2. The number of carbonyl (C=O) groups is 1. The summed E-state index contributed by atoms with van der Waals surface area (Å²) in [6.45, 7) is 3.46. The summed E-state index contributed by atoms with van der Waals surface area (Å²) in [6, 6.07) is 8.14. The molecule has 0 bridgehead atoms. The molecule has 4 nitrogen and oxygen atoms in total. The fourth-order valence-electron chi connectivity index (χ4n) is 3.32. The second-order valence-electron chi connectivity index (χ2n) is 6.06. The van der Waals surface area contributed by atoms with Gasteiger partial charge in [0.2, 0.25) is 5.91 Å². The molecule has 3 rings (SSSR count). The Morgan fingerprint density at radius 1 is 1.36 bits per heavy atom. The number of halogens is 1. The first-order chi connectivity index (χ1) is 10.7. The highest BCUT2D eigenvalue weighted by molar-refractivity contribution is 6.30. The van der Waals surface area contributed by atoms with E-state index in [-0.39, 0.29) is 18.1 Å². The summed E-state index contributed by atoms with van der Waals surface area (Å²) < 4.78 is 5.45. The molecule has 1 aromatic rings. The molecule has 2 aliphatic heterocycles. The van der Waals surface area contributed by atoms with Crippen molar-refractivity contribution in [3.8, 4) is 0 Å². The Morgan fingerprint density at radius 2 is 2.18 bits per heavy atom. The van der Waals surface area contributed by atoms with Gasteiger partial charge < -0.3 is 10.1 Å². The molecule has 0 spiro atoms. The van der Waals surface area contributed by atoms with E-state index in [1.54, 1.807) is 0 Å². The van der Waals surface area contributed by atoms with E-state index >= 15 is 0 Å². The van der Waals surface area contributed by atoms with E-state index in [4.69, 9.17) is 16.3 Å². The van der Waals surface area contributed by atoms with Crippen LogP contribution in [-0.2, 0) is 9.53 Å². The van der Waals surface area contributed by atoms with Gasteiger partial charge in [-0.2, -0.15) is 0 Å². The van der Waals surface area contributed by atoms with Gasteiger partial charge in [0, 0.05) is 18.2 Å². The first-order valence-electron chi connectivity index (χ1n) is 8.13. The van der Waals surface area contributed by atoms with Crippen molar-refractivity contribution in [2.45, 2.75) is 37.8 Å². The summed E-state index contributed by atoms with van der Waals surface area (Å²) in [4.78, 5) is 14.6. The SMILES string of the molecule is O=C(NCC(c1cccc(Cl)c1)N1CCCC1)C1CCCO1. The smallest absolute Gasteiger partial charge is 0.249 e. The van der Waals surface area contributed by atoms with Crippen LogP contribution in [0.2, 0.25) is 5.02 Å². The number of nitrogens with one attached hydrogen (secondary N) is 1. The van der Waals surface area contributed by atoms with Crippen LogP contribution in [-0.4, -0.2) is 43.2 Å². The minimum absolute atomic E-state index is 0.0173. The highest BCUT2D eigenvalue weighted by atomic mass is 35.5. The minimum Gasteiger partial charge on any atom is -0.368 e. The van der Waals surface area contributed by atoms with Gasteiger partial charge in [-0.15, -0.1) is 0 Å². The largest absolute Gasteiger partial charge is 0.368 e. The Labute approximate surface area is 136 Å². The third kappa shape index (κ3) is 3.80. The van der Waals surface area contributed by atoms with Gasteiger partial charge >= 0.3 is 0 Å². The van der Waals surface area contributed by atoms with Crippen molar-refractivity contribution in [3.05, 3.63) is 34.9 Å². The number of hydrogen-bond donors (Lipinski definition) is 1. The molecule has 2 heterocycles. The standard InChI is InChI=1S/C17H23ClN2O2/c18-14-6-3-5-13(11-14)15(20-8-1-2-9-20)12-19-17(21)16-7-4-10-22-16/h3,5-6,11,15-16H,1-2,4,7-10,12H2,(H,19,21). The molecule has 2 fully saturated rings. The minimum atomic E-state index is -0.265. The number of ether oxygens (including phenoxy) is 1. The van der Waals surface area contributed by atoms with E-state index in [9.17, 15) is 4.79 Å². The van der Waals surface area contributed by atoms with E-state index in [2.05, 4.69) is 16.3 Å². The van der Waals surface area contributed by atoms with Crippen LogP contribution in [0.1, 0.15) is 37.3 Å². The molecule has 0 aliphatic carbocycles. The second kappa shape index (κ2) is 7.44. The first kappa shape index (κ1) is 15.8. The molecule has 0 saturated carbocycles. The van der Waals surface area contributed by atoms with Gasteiger partial charge in [0.1, 0.15) is 6.10 Å². The van der Waals surface area contributed by atoms with E-state index in [0.717, 1.165) is 31.0 Å². The average molecular weight is 323 g/mol. The van der Waals surface area contributed by atoms with Gasteiger partial charge in [0.15, 0.2) is 0 Å². The maximum absolute atomic E-state index is 12.2. The van der Waals surface area contributed by atoms with Crippen LogP contribution in [0.15, 0.2) is 24.3 Å². The lowest BCUT2D eigenvalue weighted by molar-refractivity contribution is -0.130. The Hall–Kier alpha value is -1.10. The normalized spacial score (nSPS) is 23.6. The summed E-state index contributed by atoms with van der Waals surface area (Å²) in [5.41, 5.74) is 1.17. The van der Waals surface area contributed by atoms with Gasteiger partial charge in [-0.25, -0.2) is 0 Å². The maximum atomic E-state index is 12.2. The molecular weight excluding hydrogens is 300 g/mol. The van der Waals surface area contributed by atoms with Crippen molar-refractivity contribution in [3.63, 3.8) is 0 Å². The monoisotopic (exact) mass is 322 g/mol. The van der Waals surface area contributed by atoms with Gasteiger partial charge in [0.25, 0.3) is 0 Å². The molecule has 1 amide bonds. The Balaban J connectivity index is 1.67. The summed E-state index contributed by atoms with van der Waals surface area (Å²) >= 11 is 6.14. The van der Waals surface area contributed by atoms with E-state index in [0.29, 0.717) is 13.2 Å². The number of amides is 1. The van der Waals surface area contributed by atoms with Crippen LogP contribution in [0.3, 0.4) is 0 Å². The molecule has 2 saturated heterocycles. The molecule has 2 atom stereocenters. The Morgan fingerprint density at radius 3 is 2.86 bits per heavy atom. The van der Waals surface area contributed by atoms with Crippen molar-refractivity contribution in [1.82, 2.24) is 10.2 Å². The van der Waals surface area contributed by atoms with Crippen molar-refractivity contribution >= 4 is 17.5 Å². The molecule has 5 heteroatoms. The average Bonchev–Trinajstić information content (AvgIpc) is 3.21. The molecule has 1 aromatic carbocycles. The second-order valence-corrected chi connectivity index (χ2v) is 6.50. The zero-order chi connectivity index (χ0) is 15.4. The summed E-state index contributed by atoms with van der Waals surface area (Å²) in [5.74, 6) is 0.0173. The maximum Gasteiger partial charge on any atom is 0.249 e. The van der Waals surface area contributed by atoms with Crippen LogP contribution in [0.4, 0.5) is 0 Å². The van der Waals surface area contributed by atoms with Crippen LogP contribution < -0.4 is 5.32 Å². The molecule has 0 radical (unpaired) electrons.